The Hall–Kier alpha value is -3.59. The molecule has 29 heavy (non-hydrogen) atoms. The van der Waals surface area contributed by atoms with Gasteiger partial charge in [-0.25, -0.2) is 14.4 Å². The van der Waals surface area contributed by atoms with Crippen LogP contribution in [0.2, 0.25) is 0 Å². The summed E-state index contributed by atoms with van der Waals surface area (Å²) in [4.78, 5) is 37.4. The van der Waals surface area contributed by atoms with Crippen molar-refractivity contribution in [3.8, 4) is 11.3 Å². The fourth-order valence-corrected chi connectivity index (χ4v) is 2.86. The molecule has 1 aliphatic heterocycles. The summed E-state index contributed by atoms with van der Waals surface area (Å²) in [7, 11) is 3.73. The Balaban J connectivity index is 1.93. The second kappa shape index (κ2) is 8.61. The lowest BCUT2D eigenvalue weighted by atomic mass is 10.1. The van der Waals surface area contributed by atoms with Gasteiger partial charge in [0.2, 0.25) is 5.76 Å². The predicted octanol–water partition coefficient (Wildman–Crippen LogP) is 2.13. The van der Waals surface area contributed by atoms with E-state index in [4.69, 9.17) is 18.6 Å². The summed E-state index contributed by atoms with van der Waals surface area (Å²) >= 11 is 0. The van der Waals surface area contributed by atoms with Crippen LogP contribution in [0.5, 0.6) is 0 Å². The minimum atomic E-state index is -0.675. The summed E-state index contributed by atoms with van der Waals surface area (Å²) in [6.45, 7) is -0.00803. The van der Waals surface area contributed by atoms with Gasteiger partial charge in [0.15, 0.2) is 0 Å². The molecule has 1 aromatic carbocycles. The standard InChI is InChI=1S/C20H19NO8/c1-25-18(22)14-10-28-11-21(17(14)20(24)27-3)13-6-4-12(5-7-13)15-8-9-16(29-15)19(23)26-2/h4-9H,10-11H2,1-3H3. The molecule has 0 unspecified atom stereocenters. The summed E-state index contributed by atoms with van der Waals surface area (Å²) in [5.41, 5.74) is 1.43. The number of hydrogen-bond donors (Lipinski definition) is 0. The molecule has 0 fully saturated rings. The van der Waals surface area contributed by atoms with E-state index >= 15 is 0 Å². The van der Waals surface area contributed by atoms with Crippen molar-refractivity contribution in [1.29, 1.82) is 0 Å². The number of ether oxygens (including phenoxy) is 4. The Bertz CT molecular complexity index is 957. The molecule has 0 aliphatic carbocycles. The highest BCUT2D eigenvalue weighted by Crippen LogP contribution is 2.30. The number of nitrogens with zero attached hydrogens (tertiary/aromatic N) is 1. The van der Waals surface area contributed by atoms with E-state index in [1.54, 1.807) is 30.3 Å². The van der Waals surface area contributed by atoms with Crippen molar-refractivity contribution in [3.05, 3.63) is 53.4 Å². The van der Waals surface area contributed by atoms with Crippen molar-refractivity contribution in [3.63, 3.8) is 0 Å². The van der Waals surface area contributed by atoms with Gasteiger partial charge in [0.05, 0.1) is 33.5 Å². The van der Waals surface area contributed by atoms with E-state index in [1.165, 1.54) is 32.3 Å². The maximum Gasteiger partial charge on any atom is 0.373 e. The molecule has 0 saturated heterocycles. The highest BCUT2D eigenvalue weighted by molar-refractivity contribution is 6.03. The number of esters is 3. The van der Waals surface area contributed by atoms with Gasteiger partial charge in [-0.2, -0.15) is 0 Å². The monoisotopic (exact) mass is 401 g/mol. The molecular formula is C20H19NO8. The number of methoxy groups -OCH3 is 3. The van der Waals surface area contributed by atoms with Gasteiger partial charge in [0, 0.05) is 11.3 Å². The maximum absolute atomic E-state index is 12.3. The van der Waals surface area contributed by atoms with Gasteiger partial charge in [0.1, 0.15) is 18.2 Å². The molecule has 0 N–H and O–H groups in total. The second-order valence-electron chi connectivity index (χ2n) is 5.92. The van der Waals surface area contributed by atoms with Crippen LogP contribution >= 0.6 is 0 Å². The largest absolute Gasteiger partial charge is 0.466 e. The van der Waals surface area contributed by atoms with Crippen LogP contribution < -0.4 is 4.90 Å². The smallest absolute Gasteiger partial charge is 0.373 e. The third-order valence-electron chi connectivity index (χ3n) is 4.29. The number of carbonyl (C=O) groups is 3. The van der Waals surface area contributed by atoms with Crippen molar-refractivity contribution < 1.29 is 37.7 Å². The van der Waals surface area contributed by atoms with E-state index in [-0.39, 0.29) is 30.4 Å². The molecule has 1 aromatic heterocycles. The van der Waals surface area contributed by atoms with E-state index in [1.807, 2.05) is 0 Å². The zero-order valence-electron chi connectivity index (χ0n) is 16.1. The van der Waals surface area contributed by atoms with Crippen molar-refractivity contribution in [1.82, 2.24) is 0 Å². The molecule has 0 bridgehead atoms. The first-order valence-corrected chi connectivity index (χ1v) is 8.53. The van der Waals surface area contributed by atoms with Crippen LogP contribution in [0.3, 0.4) is 0 Å². The SMILES string of the molecule is COC(=O)C1=C(C(=O)OC)N(c2ccc(-c3ccc(C(=O)OC)o3)cc2)COC1. The molecule has 2 heterocycles. The molecule has 0 atom stereocenters. The lowest BCUT2D eigenvalue weighted by Crippen LogP contribution is -2.38. The predicted molar refractivity (Wildman–Crippen MR) is 99.8 cm³/mol. The Morgan fingerprint density at radius 3 is 2.14 bits per heavy atom. The van der Waals surface area contributed by atoms with Gasteiger partial charge in [-0.05, 0) is 36.4 Å². The molecule has 3 rings (SSSR count). The number of rotatable bonds is 5. The molecular weight excluding hydrogens is 382 g/mol. The first kappa shape index (κ1) is 20.2. The molecule has 1 aliphatic rings. The third kappa shape index (κ3) is 3.99. The Morgan fingerprint density at radius 1 is 0.862 bits per heavy atom. The lowest BCUT2D eigenvalue weighted by molar-refractivity contribution is -0.140. The molecule has 152 valence electrons. The van der Waals surface area contributed by atoms with Crippen LogP contribution in [0.25, 0.3) is 11.3 Å². The van der Waals surface area contributed by atoms with Gasteiger partial charge in [-0.3, -0.25) is 0 Å². The molecule has 0 spiro atoms. The fraction of sp³-hybridized carbons (Fsp3) is 0.250. The van der Waals surface area contributed by atoms with Gasteiger partial charge in [-0.1, -0.05) is 0 Å². The van der Waals surface area contributed by atoms with E-state index in [0.29, 0.717) is 17.0 Å². The van der Waals surface area contributed by atoms with Gasteiger partial charge < -0.3 is 28.3 Å². The summed E-state index contributed by atoms with van der Waals surface area (Å²) in [5.74, 6) is -1.34. The van der Waals surface area contributed by atoms with Gasteiger partial charge >= 0.3 is 17.9 Å². The normalized spacial score (nSPS) is 13.8. The summed E-state index contributed by atoms with van der Waals surface area (Å²) < 4.78 is 25.1. The van der Waals surface area contributed by atoms with Crippen LogP contribution in [0.1, 0.15) is 10.6 Å². The summed E-state index contributed by atoms with van der Waals surface area (Å²) in [6.07, 6.45) is 0. The van der Waals surface area contributed by atoms with Crippen LogP contribution in [0.4, 0.5) is 5.69 Å². The Labute approximate surface area is 166 Å². The summed E-state index contributed by atoms with van der Waals surface area (Å²) in [6, 6.07) is 10.1. The topological polar surface area (TPSA) is 105 Å². The number of hydrogen-bond acceptors (Lipinski definition) is 9. The number of furan rings is 1. The van der Waals surface area contributed by atoms with E-state index in [9.17, 15) is 14.4 Å². The first-order chi connectivity index (χ1) is 14.0. The highest BCUT2D eigenvalue weighted by Gasteiger charge is 2.32. The quantitative estimate of drug-likeness (QED) is 0.550. The summed E-state index contributed by atoms with van der Waals surface area (Å²) in [5, 5.41) is 0. The second-order valence-corrected chi connectivity index (χ2v) is 5.92. The van der Waals surface area contributed by atoms with Crippen molar-refractivity contribution >= 4 is 23.6 Å². The van der Waals surface area contributed by atoms with Crippen LogP contribution in [0.15, 0.2) is 52.1 Å². The number of carbonyl (C=O) groups excluding carboxylic acids is 3. The van der Waals surface area contributed by atoms with Gasteiger partial charge in [-0.15, -0.1) is 0 Å². The third-order valence-corrected chi connectivity index (χ3v) is 4.29. The minimum absolute atomic E-state index is 0.0531. The number of benzene rings is 1. The highest BCUT2D eigenvalue weighted by atomic mass is 16.5. The first-order valence-electron chi connectivity index (χ1n) is 8.53. The molecule has 0 amide bonds. The Morgan fingerprint density at radius 2 is 1.52 bits per heavy atom. The molecule has 9 nitrogen and oxygen atoms in total. The minimum Gasteiger partial charge on any atom is -0.466 e. The maximum atomic E-state index is 12.3. The Kier molecular flexibility index (Phi) is 5.99. The molecule has 0 radical (unpaired) electrons. The van der Waals surface area contributed by atoms with E-state index < -0.39 is 17.9 Å². The average Bonchev–Trinajstić information content (AvgIpc) is 3.27. The zero-order chi connectivity index (χ0) is 21.0. The zero-order valence-corrected chi connectivity index (χ0v) is 16.1. The van der Waals surface area contributed by atoms with E-state index in [0.717, 1.165) is 0 Å². The fourth-order valence-electron chi connectivity index (χ4n) is 2.86. The average molecular weight is 401 g/mol. The van der Waals surface area contributed by atoms with Crippen LogP contribution in [-0.2, 0) is 28.5 Å². The lowest BCUT2D eigenvalue weighted by Gasteiger charge is -2.31. The van der Waals surface area contributed by atoms with E-state index in [2.05, 4.69) is 4.74 Å². The molecule has 9 heteroatoms. The molecule has 0 saturated carbocycles. The molecule has 2 aromatic rings. The van der Waals surface area contributed by atoms with Gasteiger partial charge in [0.25, 0.3) is 0 Å². The van der Waals surface area contributed by atoms with Crippen molar-refractivity contribution in [2.75, 3.05) is 39.6 Å². The van der Waals surface area contributed by atoms with Crippen LogP contribution in [-0.4, -0.2) is 52.6 Å². The van der Waals surface area contributed by atoms with Crippen LogP contribution in [0, 0.1) is 0 Å². The van der Waals surface area contributed by atoms with Crippen molar-refractivity contribution in [2.45, 2.75) is 0 Å². The number of anilines is 1. The van der Waals surface area contributed by atoms with Crippen molar-refractivity contribution in [2.24, 2.45) is 0 Å².